The van der Waals surface area contributed by atoms with Gasteiger partial charge in [0.2, 0.25) is 5.91 Å². The van der Waals surface area contributed by atoms with E-state index in [0.717, 1.165) is 18.7 Å². The fraction of sp³-hybridized carbons (Fsp3) is 0.462. The molecule has 0 saturated carbocycles. The number of ether oxygens (including phenoxy) is 1. The third-order valence-electron chi connectivity index (χ3n) is 2.17. The Morgan fingerprint density at radius 3 is 2.76 bits per heavy atom. The van der Waals surface area contributed by atoms with Crippen molar-refractivity contribution in [3.05, 3.63) is 24.3 Å². The third-order valence-corrected chi connectivity index (χ3v) is 2.17. The number of amides is 1. The molecule has 0 spiro atoms. The summed E-state index contributed by atoms with van der Waals surface area (Å²) >= 11 is 0. The minimum Gasteiger partial charge on any atom is -0.492 e. The van der Waals surface area contributed by atoms with Crippen LogP contribution in [0, 0.1) is 0 Å². The second-order valence-electron chi connectivity index (χ2n) is 3.65. The quantitative estimate of drug-likeness (QED) is 0.712. The zero-order valence-corrected chi connectivity index (χ0v) is 10.5. The van der Waals surface area contributed by atoms with Gasteiger partial charge in [-0.2, -0.15) is 0 Å². The zero-order valence-electron chi connectivity index (χ0n) is 10.5. The number of carbonyl (C=O) groups excluding carboxylic acids is 1. The van der Waals surface area contributed by atoms with Crippen LogP contribution in [0.15, 0.2) is 24.3 Å². The van der Waals surface area contributed by atoms with Gasteiger partial charge in [-0.3, -0.25) is 4.79 Å². The van der Waals surface area contributed by atoms with Crippen molar-refractivity contribution < 1.29 is 9.53 Å². The number of hydrogen-bond acceptors (Lipinski definition) is 3. The Morgan fingerprint density at radius 1 is 1.29 bits per heavy atom. The van der Waals surface area contributed by atoms with E-state index in [-0.39, 0.29) is 5.91 Å². The van der Waals surface area contributed by atoms with Crippen molar-refractivity contribution in [3.63, 3.8) is 0 Å². The largest absolute Gasteiger partial charge is 0.492 e. The van der Waals surface area contributed by atoms with Gasteiger partial charge < -0.3 is 15.4 Å². The van der Waals surface area contributed by atoms with Gasteiger partial charge in [-0.25, -0.2) is 0 Å². The molecule has 0 aliphatic carbocycles. The molecule has 0 bridgehead atoms. The minimum absolute atomic E-state index is 0.0504. The van der Waals surface area contributed by atoms with Crippen LogP contribution in [0.1, 0.15) is 20.3 Å². The minimum atomic E-state index is -0.0504. The van der Waals surface area contributed by atoms with E-state index < -0.39 is 0 Å². The summed E-state index contributed by atoms with van der Waals surface area (Å²) in [5.74, 6) is 0.657. The Morgan fingerprint density at radius 2 is 2.06 bits per heavy atom. The second-order valence-corrected chi connectivity index (χ2v) is 3.65. The van der Waals surface area contributed by atoms with Gasteiger partial charge in [0.1, 0.15) is 5.75 Å². The molecular weight excluding hydrogens is 216 g/mol. The van der Waals surface area contributed by atoms with Crippen molar-refractivity contribution in [1.82, 2.24) is 5.32 Å². The molecule has 1 aromatic rings. The molecule has 4 nitrogen and oxygen atoms in total. The van der Waals surface area contributed by atoms with Crippen LogP contribution in [-0.4, -0.2) is 25.6 Å². The molecule has 0 saturated heterocycles. The normalized spacial score (nSPS) is 10.0. The molecule has 1 amide bonds. The lowest BCUT2D eigenvalue weighted by molar-refractivity contribution is -0.115. The molecule has 0 atom stereocenters. The molecule has 0 heterocycles. The fourth-order valence-electron chi connectivity index (χ4n) is 1.42. The average Bonchev–Trinajstić information content (AvgIpc) is 2.32. The van der Waals surface area contributed by atoms with Crippen LogP contribution in [-0.2, 0) is 4.79 Å². The number of anilines is 1. The third kappa shape index (κ3) is 4.87. The average molecular weight is 236 g/mol. The standard InChI is InChI=1S/C13H20N2O2/c1-3-9-14-10-13(16)15-11-7-5-6-8-12(11)17-4-2/h5-8,14H,3-4,9-10H2,1-2H3,(H,15,16). The van der Waals surface area contributed by atoms with Crippen LogP contribution < -0.4 is 15.4 Å². The van der Waals surface area contributed by atoms with Gasteiger partial charge in [-0.05, 0) is 32.0 Å². The van der Waals surface area contributed by atoms with Crippen molar-refractivity contribution in [2.45, 2.75) is 20.3 Å². The van der Waals surface area contributed by atoms with E-state index in [0.29, 0.717) is 18.9 Å². The maximum Gasteiger partial charge on any atom is 0.238 e. The van der Waals surface area contributed by atoms with Crippen molar-refractivity contribution in [3.8, 4) is 5.75 Å². The number of rotatable bonds is 7. The molecule has 17 heavy (non-hydrogen) atoms. The summed E-state index contributed by atoms with van der Waals surface area (Å²) in [7, 11) is 0. The van der Waals surface area contributed by atoms with E-state index in [4.69, 9.17) is 4.74 Å². The highest BCUT2D eigenvalue weighted by Crippen LogP contribution is 2.23. The van der Waals surface area contributed by atoms with E-state index in [1.165, 1.54) is 0 Å². The smallest absolute Gasteiger partial charge is 0.238 e. The Balaban J connectivity index is 2.52. The van der Waals surface area contributed by atoms with E-state index in [1.54, 1.807) is 0 Å². The maximum atomic E-state index is 11.6. The van der Waals surface area contributed by atoms with E-state index >= 15 is 0 Å². The summed E-state index contributed by atoms with van der Waals surface area (Å²) in [6, 6.07) is 7.44. The van der Waals surface area contributed by atoms with Gasteiger partial charge in [0.05, 0.1) is 18.8 Å². The lowest BCUT2D eigenvalue weighted by Crippen LogP contribution is -2.28. The van der Waals surface area contributed by atoms with Gasteiger partial charge in [0.15, 0.2) is 0 Å². The number of para-hydroxylation sites is 2. The first kappa shape index (κ1) is 13.5. The predicted octanol–water partition coefficient (Wildman–Crippen LogP) is 2.02. The first-order valence-electron chi connectivity index (χ1n) is 6.00. The van der Waals surface area contributed by atoms with Crippen molar-refractivity contribution >= 4 is 11.6 Å². The lowest BCUT2D eigenvalue weighted by Gasteiger charge is -2.11. The Kier molecular flexibility index (Phi) is 6.10. The van der Waals surface area contributed by atoms with Crippen molar-refractivity contribution in [2.24, 2.45) is 0 Å². The number of carbonyl (C=O) groups is 1. The Labute approximate surface area is 102 Å². The Bertz CT molecular complexity index is 353. The van der Waals surface area contributed by atoms with Crippen molar-refractivity contribution in [1.29, 1.82) is 0 Å². The summed E-state index contributed by atoms with van der Waals surface area (Å²) in [4.78, 5) is 11.6. The summed E-state index contributed by atoms with van der Waals surface area (Å²) in [6.45, 7) is 5.74. The highest BCUT2D eigenvalue weighted by atomic mass is 16.5. The predicted molar refractivity (Wildman–Crippen MR) is 69.4 cm³/mol. The molecule has 2 N–H and O–H groups in total. The molecular formula is C13H20N2O2. The monoisotopic (exact) mass is 236 g/mol. The number of hydrogen-bond donors (Lipinski definition) is 2. The fourth-order valence-corrected chi connectivity index (χ4v) is 1.42. The number of benzene rings is 1. The van der Waals surface area contributed by atoms with Gasteiger partial charge in [-0.15, -0.1) is 0 Å². The van der Waals surface area contributed by atoms with Gasteiger partial charge >= 0.3 is 0 Å². The van der Waals surface area contributed by atoms with E-state index in [2.05, 4.69) is 17.6 Å². The molecule has 94 valence electrons. The van der Waals surface area contributed by atoms with E-state index in [1.807, 2.05) is 31.2 Å². The molecule has 0 radical (unpaired) electrons. The summed E-state index contributed by atoms with van der Waals surface area (Å²) in [5, 5.41) is 5.88. The SMILES string of the molecule is CCCNCC(=O)Nc1ccccc1OCC. The van der Waals surface area contributed by atoms with E-state index in [9.17, 15) is 4.79 Å². The summed E-state index contributed by atoms with van der Waals surface area (Å²) in [6.07, 6.45) is 1.02. The van der Waals surface area contributed by atoms with Gasteiger partial charge in [0, 0.05) is 0 Å². The lowest BCUT2D eigenvalue weighted by atomic mass is 10.3. The first-order chi connectivity index (χ1) is 8.27. The van der Waals surface area contributed by atoms with Crippen LogP contribution >= 0.6 is 0 Å². The topological polar surface area (TPSA) is 50.4 Å². The molecule has 0 aliphatic heterocycles. The molecule has 0 fully saturated rings. The van der Waals surface area contributed by atoms with Crippen LogP contribution in [0.5, 0.6) is 5.75 Å². The summed E-state index contributed by atoms with van der Waals surface area (Å²) < 4.78 is 5.43. The van der Waals surface area contributed by atoms with Crippen LogP contribution in [0.3, 0.4) is 0 Å². The number of nitrogens with one attached hydrogen (secondary N) is 2. The second kappa shape index (κ2) is 7.68. The van der Waals surface area contributed by atoms with Crippen molar-refractivity contribution in [2.75, 3.05) is 25.0 Å². The molecule has 4 heteroatoms. The highest BCUT2D eigenvalue weighted by molar-refractivity contribution is 5.93. The van der Waals surface area contributed by atoms with Crippen LogP contribution in [0.2, 0.25) is 0 Å². The molecule has 1 aromatic carbocycles. The van der Waals surface area contributed by atoms with Crippen LogP contribution in [0.25, 0.3) is 0 Å². The first-order valence-corrected chi connectivity index (χ1v) is 6.00. The summed E-state index contributed by atoms with van der Waals surface area (Å²) in [5.41, 5.74) is 0.720. The molecule has 0 aromatic heterocycles. The molecule has 0 unspecified atom stereocenters. The molecule has 0 aliphatic rings. The van der Waals surface area contributed by atoms with Gasteiger partial charge in [0.25, 0.3) is 0 Å². The van der Waals surface area contributed by atoms with Crippen LogP contribution in [0.4, 0.5) is 5.69 Å². The Hall–Kier alpha value is -1.55. The zero-order chi connectivity index (χ0) is 12.5. The maximum absolute atomic E-state index is 11.6. The van der Waals surface area contributed by atoms with Gasteiger partial charge in [-0.1, -0.05) is 19.1 Å². The molecule has 1 rings (SSSR count). The highest BCUT2D eigenvalue weighted by Gasteiger charge is 2.06.